The van der Waals surface area contributed by atoms with E-state index in [9.17, 15) is 10.2 Å². The number of benzene rings is 4. The van der Waals surface area contributed by atoms with Gasteiger partial charge in [0.05, 0.1) is 0 Å². The Kier molecular flexibility index (Phi) is 7.08. The van der Waals surface area contributed by atoms with Gasteiger partial charge in [-0.25, -0.2) is 0 Å². The molecule has 1 aliphatic carbocycles. The summed E-state index contributed by atoms with van der Waals surface area (Å²) < 4.78 is 0. The Morgan fingerprint density at radius 3 is 1.31 bits per heavy atom. The van der Waals surface area contributed by atoms with E-state index < -0.39 is 24.0 Å². The van der Waals surface area contributed by atoms with Crippen LogP contribution in [0.1, 0.15) is 22.3 Å². The SMILES string of the molecule is [O-]C1C(/C=C2/C=CN(Cc3ccccc3)c3ccccc32)C([O-])C1/C=C1/C=CN(Cc2ccccc2)c2ccccc21. The minimum atomic E-state index is -0.974. The fourth-order valence-electron chi connectivity index (χ4n) is 6.28. The highest BCUT2D eigenvalue weighted by Crippen LogP contribution is 2.42. The molecule has 0 atom stereocenters. The maximum atomic E-state index is 13.5. The fourth-order valence-corrected chi connectivity index (χ4v) is 6.28. The molecule has 0 amide bonds. The van der Waals surface area contributed by atoms with Gasteiger partial charge < -0.3 is 20.0 Å². The standard InChI is InChI=1S/C38H32N2O2/c41-37-33(23-29-19-21-39(25-27-11-3-1-4-12-27)35-17-9-7-15-31(29)35)38(42)34(37)24-30-20-22-40(26-28-13-5-2-6-14-28)36-18-10-8-16-32(30)36/h1-24,33-34,37-38H,25-26H2/q-2/b29-23-,30-24-. The number of anilines is 2. The lowest BCUT2D eigenvalue weighted by molar-refractivity contribution is -0.549. The van der Waals surface area contributed by atoms with Gasteiger partial charge in [0, 0.05) is 48.0 Å². The second-order valence-corrected chi connectivity index (χ2v) is 11.2. The molecule has 42 heavy (non-hydrogen) atoms. The molecule has 0 spiro atoms. The lowest BCUT2D eigenvalue weighted by Gasteiger charge is -2.60. The normalized spacial score (nSPS) is 24.4. The Balaban J connectivity index is 1.11. The van der Waals surface area contributed by atoms with Gasteiger partial charge in [0.15, 0.2) is 0 Å². The highest BCUT2D eigenvalue weighted by molar-refractivity contribution is 5.87. The molecule has 4 heteroatoms. The van der Waals surface area contributed by atoms with Crippen LogP contribution in [0.3, 0.4) is 0 Å². The third-order valence-corrected chi connectivity index (χ3v) is 8.57. The minimum Gasteiger partial charge on any atom is -0.851 e. The van der Waals surface area contributed by atoms with Crippen molar-refractivity contribution in [1.82, 2.24) is 0 Å². The van der Waals surface area contributed by atoms with Crippen LogP contribution in [0.15, 0.2) is 146 Å². The van der Waals surface area contributed by atoms with Gasteiger partial charge in [-0.1, -0.05) is 109 Å². The monoisotopic (exact) mass is 548 g/mol. The molecule has 0 aromatic heterocycles. The van der Waals surface area contributed by atoms with E-state index in [2.05, 4.69) is 70.7 Å². The Morgan fingerprint density at radius 2 is 0.881 bits per heavy atom. The summed E-state index contributed by atoms with van der Waals surface area (Å²) in [5.41, 5.74) is 8.63. The topological polar surface area (TPSA) is 52.6 Å². The zero-order chi connectivity index (χ0) is 28.5. The maximum Gasteiger partial charge on any atom is 0.0488 e. The minimum absolute atomic E-state index is 0.558. The van der Waals surface area contributed by atoms with Crippen LogP contribution in [0.25, 0.3) is 11.1 Å². The molecule has 4 aromatic rings. The van der Waals surface area contributed by atoms with Crippen molar-refractivity contribution in [2.45, 2.75) is 25.3 Å². The van der Waals surface area contributed by atoms with Crippen LogP contribution in [0.2, 0.25) is 0 Å². The van der Waals surface area contributed by atoms with E-state index in [1.54, 1.807) is 0 Å². The second-order valence-electron chi connectivity index (χ2n) is 11.2. The third-order valence-electron chi connectivity index (χ3n) is 8.57. The van der Waals surface area contributed by atoms with Crippen molar-refractivity contribution in [2.24, 2.45) is 11.8 Å². The molecule has 2 heterocycles. The van der Waals surface area contributed by atoms with Crippen molar-refractivity contribution in [3.63, 3.8) is 0 Å². The number of hydrogen-bond acceptors (Lipinski definition) is 4. The highest BCUT2D eigenvalue weighted by Gasteiger charge is 2.35. The number of nitrogens with zero attached hydrogens (tertiary/aromatic N) is 2. The predicted octanol–water partition coefficient (Wildman–Crippen LogP) is 5.93. The summed E-state index contributed by atoms with van der Waals surface area (Å²) in [5, 5.41) is 27.0. The van der Waals surface area contributed by atoms with E-state index in [0.29, 0.717) is 0 Å². The smallest absolute Gasteiger partial charge is 0.0488 e. The molecule has 1 saturated carbocycles. The summed E-state index contributed by atoms with van der Waals surface area (Å²) in [4.78, 5) is 4.43. The summed E-state index contributed by atoms with van der Waals surface area (Å²) in [7, 11) is 0. The quantitative estimate of drug-likeness (QED) is 0.300. The van der Waals surface area contributed by atoms with Crippen molar-refractivity contribution < 1.29 is 10.2 Å². The van der Waals surface area contributed by atoms with Gasteiger partial charge in [0.2, 0.25) is 0 Å². The van der Waals surface area contributed by atoms with E-state index in [0.717, 1.165) is 46.7 Å². The largest absolute Gasteiger partial charge is 0.851 e. The molecule has 0 bridgehead atoms. The summed E-state index contributed by atoms with van der Waals surface area (Å²) >= 11 is 0. The van der Waals surface area contributed by atoms with Crippen LogP contribution in [0.4, 0.5) is 11.4 Å². The molecular formula is C38H32N2O2-2. The fraction of sp³-hybridized carbons (Fsp3) is 0.158. The van der Waals surface area contributed by atoms with Crippen molar-refractivity contribution >= 4 is 22.5 Å². The number of para-hydroxylation sites is 2. The van der Waals surface area contributed by atoms with Crippen LogP contribution in [-0.4, -0.2) is 12.2 Å². The summed E-state index contributed by atoms with van der Waals surface area (Å²) in [6, 6.07) is 37.2. The van der Waals surface area contributed by atoms with Crippen LogP contribution in [0.5, 0.6) is 0 Å². The van der Waals surface area contributed by atoms with Gasteiger partial charge in [-0.05, 0) is 58.4 Å². The van der Waals surface area contributed by atoms with Gasteiger partial charge in [-0.3, -0.25) is 0 Å². The van der Waals surface area contributed by atoms with Crippen LogP contribution < -0.4 is 20.0 Å². The molecule has 2 aliphatic heterocycles. The molecule has 4 nitrogen and oxygen atoms in total. The average molecular weight is 549 g/mol. The Hall–Kier alpha value is -4.64. The van der Waals surface area contributed by atoms with Gasteiger partial charge in [-0.2, -0.15) is 0 Å². The van der Waals surface area contributed by atoms with Crippen LogP contribution in [-0.2, 0) is 13.1 Å². The van der Waals surface area contributed by atoms with E-state index in [1.807, 2.05) is 85.0 Å². The van der Waals surface area contributed by atoms with Crippen molar-refractivity contribution in [1.29, 1.82) is 0 Å². The molecule has 0 unspecified atom stereocenters. The number of rotatable bonds is 6. The van der Waals surface area contributed by atoms with Crippen LogP contribution >= 0.6 is 0 Å². The zero-order valence-electron chi connectivity index (χ0n) is 23.3. The Labute approximate surface area is 247 Å². The van der Waals surface area contributed by atoms with Crippen LogP contribution in [0, 0.1) is 11.8 Å². The number of allylic oxidation sites excluding steroid dienone is 4. The van der Waals surface area contributed by atoms with E-state index in [-0.39, 0.29) is 0 Å². The average Bonchev–Trinajstić information content (AvgIpc) is 3.05. The molecule has 7 rings (SSSR count). The molecule has 0 radical (unpaired) electrons. The first kappa shape index (κ1) is 26.3. The number of fused-ring (bicyclic) bond motifs is 2. The van der Waals surface area contributed by atoms with Crippen molar-refractivity contribution in [3.8, 4) is 0 Å². The molecule has 3 aliphatic rings. The molecule has 208 valence electrons. The first-order valence-electron chi connectivity index (χ1n) is 14.6. The molecule has 4 aromatic carbocycles. The predicted molar refractivity (Wildman–Crippen MR) is 167 cm³/mol. The Morgan fingerprint density at radius 1 is 0.500 bits per heavy atom. The first-order valence-corrected chi connectivity index (χ1v) is 14.6. The van der Waals surface area contributed by atoms with E-state index in [1.165, 1.54) is 11.1 Å². The summed E-state index contributed by atoms with van der Waals surface area (Å²) in [6.07, 6.45) is 10.1. The van der Waals surface area contributed by atoms with Gasteiger partial charge in [0.1, 0.15) is 0 Å². The first-order chi connectivity index (χ1) is 20.7. The van der Waals surface area contributed by atoms with Crippen molar-refractivity contribution in [2.75, 3.05) is 9.80 Å². The Bertz CT molecular complexity index is 1550. The molecule has 1 fully saturated rings. The molecular weight excluding hydrogens is 516 g/mol. The van der Waals surface area contributed by atoms with Gasteiger partial charge in [-0.15, -0.1) is 12.2 Å². The number of hydrogen-bond donors (Lipinski definition) is 0. The second kappa shape index (κ2) is 11.3. The summed E-state index contributed by atoms with van der Waals surface area (Å²) in [5.74, 6) is -1.12. The van der Waals surface area contributed by atoms with Gasteiger partial charge >= 0.3 is 0 Å². The lowest BCUT2D eigenvalue weighted by atomic mass is 9.67. The molecule has 0 N–H and O–H groups in total. The summed E-state index contributed by atoms with van der Waals surface area (Å²) in [6.45, 7) is 1.51. The third kappa shape index (κ3) is 5.00. The zero-order valence-corrected chi connectivity index (χ0v) is 23.3. The van der Waals surface area contributed by atoms with Gasteiger partial charge in [0.25, 0.3) is 0 Å². The highest BCUT2D eigenvalue weighted by atomic mass is 16.3. The lowest BCUT2D eigenvalue weighted by Crippen LogP contribution is -2.65. The molecule has 0 saturated heterocycles. The maximum absolute atomic E-state index is 13.5. The van der Waals surface area contributed by atoms with Crippen molar-refractivity contribution in [3.05, 3.63) is 168 Å². The van der Waals surface area contributed by atoms with E-state index in [4.69, 9.17) is 0 Å². The van der Waals surface area contributed by atoms with E-state index >= 15 is 0 Å².